The first-order chi connectivity index (χ1) is 11.0. The Bertz CT molecular complexity index is 551. The van der Waals surface area contributed by atoms with Gasteiger partial charge in [-0.1, -0.05) is 19.0 Å². The zero-order valence-corrected chi connectivity index (χ0v) is 14.4. The Hall–Kier alpha value is -1.47. The molecule has 7 heteroatoms. The Labute approximate surface area is 137 Å². The molecule has 0 saturated carbocycles. The third-order valence-electron chi connectivity index (χ3n) is 4.81. The van der Waals surface area contributed by atoms with E-state index in [1.165, 1.54) is 0 Å². The lowest BCUT2D eigenvalue weighted by molar-refractivity contribution is -0.145. The minimum absolute atomic E-state index is 0.0392. The zero-order chi connectivity index (χ0) is 16.6. The molecule has 7 nitrogen and oxygen atoms in total. The molecular formula is C16H26N4O3. The van der Waals surface area contributed by atoms with Gasteiger partial charge in [0, 0.05) is 38.5 Å². The van der Waals surface area contributed by atoms with Crippen LogP contribution in [0.1, 0.15) is 57.8 Å². The van der Waals surface area contributed by atoms with Crippen LogP contribution in [0.25, 0.3) is 0 Å². The Balaban J connectivity index is 1.56. The van der Waals surface area contributed by atoms with Gasteiger partial charge in [0.1, 0.15) is 12.1 Å². The summed E-state index contributed by atoms with van der Waals surface area (Å²) >= 11 is 0. The second-order valence-corrected chi connectivity index (χ2v) is 6.89. The maximum atomic E-state index is 11.9. The minimum atomic E-state index is -0.0718. The van der Waals surface area contributed by atoms with Gasteiger partial charge in [0.2, 0.25) is 5.89 Å². The molecule has 0 unspecified atom stereocenters. The van der Waals surface area contributed by atoms with Crippen LogP contribution in [0.2, 0.25) is 0 Å². The highest BCUT2D eigenvalue weighted by molar-refractivity contribution is 5.78. The van der Waals surface area contributed by atoms with Crippen LogP contribution in [-0.2, 0) is 9.53 Å². The first-order valence-corrected chi connectivity index (χ1v) is 8.47. The largest absolute Gasteiger partial charge is 0.461 e. The molecule has 0 aromatic carbocycles. The molecule has 0 amide bonds. The fraction of sp³-hybridized carbons (Fsp3) is 0.812. The lowest BCUT2D eigenvalue weighted by Gasteiger charge is -2.38. The fourth-order valence-electron chi connectivity index (χ4n) is 3.28. The number of piperazine rings is 1. The maximum absolute atomic E-state index is 11.9. The molecular weight excluding hydrogens is 296 g/mol. The van der Waals surface area contributed by atoms with Crippen molar-refractivity contribution in [1.29, 1.82) is 0 Å². The van der Waals surface area contributed by atoms with E-state index in [9.17, 15) is 4.79 Å². The van der Waals surface area contributed by atoms with Crippen molar-refractivity contribution in [2.75, 3.05) is 26.2 Å². The van der Waals surface area contributed by atoms with E-state index in [2.05, 4.69) is 40.7 Å². The Morgan fingerprint density at radius 1 is 1.17 bits per heavy atom. The van der Waals surface area contributed by atoms with Crippen molar-refractivity contribution in [3.05, 3.63) is 11.7 Å². The molecule has 3 atom stereocenters. The predicted octanol–water partition coefficient (Wildman–Crippen LogP) is 1.58. The molecule has 3 heterocycles. The number of carbonyl (C=O) groups excluding carboxylic acids is 1. The molecule has 2 aliphatic rings. The molecule has 0 radical (unpaired) electrons. The van der Waals surface area contributed by atoms with E-state index in [0.29, 0.717) is 5.89 Å². The third-order valence-corrected chi connectivity index (χ3v) is 4.81. The predicted molar refractivity (Wildman–Crippen MR) is 83.9 cm³/mol. The number of hydrogen-bond acceptors (Lipinski definition) is 7. The van der Waals surface area contributed by atoms with Gasteiger partial charge < -0.3 is 9.26 Å². The molecule has 1 aromatic heterocycles. The van der Waals surface area contributed by atoms with E-state index in [-0.39, 0.29) is 30.1 Å². The Kier molecular flexibility index (Phi) is 4.68. The van der Waals surface area contributed by atoms with Gasteiger partial charge in [-0.3, -0.25) is 14.6 Å². The van der Waals surface area contributed by atoms with Gasteiger partial charge in [0.25, 0.3) is 0 Å². The molecule has 0 aliphatic carbocycles. The van der Waals surface area contributed by atoms with Crippen LogP contribution in [0.4, 0.5) is 0 Å². The normalized spacial score (nSPS) is 28.3. The van der Waals surface area contributed by atoms with E-state index >= 15 is 0 Å². The number of aromatic nitrogens is 2. The van der Waals surface area contributed by atoms with Crippen LogP contribution in [0.15, 0.2) is 4.52 Å². The molecule has 1 aromatic rings. The smallest absolute Gasteiger partial charge is 0.323 e. The van der Waals surface area contributed by atoms with Crippen LogP contribution in [-0.4, -0.2) is 64.2 Å². The Morgan fingerprint density at radius 2 is 1.87 bits per heavy atom. The van der Waals surface area contributed by atoms with E-state index < -0.39 is 0 Å². The maximum Gasteiger partial charge on any atom is 0.323 e. The first kappa shape index (κ1) is 16.4. The standard InChI is InChI=1S/C16H26N4O3/c1-10(2)14-17-15(23-18-14)12(4)19-5-7-20(8-6-19)13-9-11(3)22-16(13)21/h10-13H,5-9H2,1-4H3/t11-,12+,13+/m1/s1. The number of esters is 1. The lowest BCUT2D eigenvalue weighted by atomic mass is 10.1. The Morgan fingerprint density at radius 3 is 2.39 bits per heavy atom. The van der Waals surface area contributed by atoms with Gasteiger partial charge in [-0.2, -0.15) is 4.98 Å². The van der Waals surface area contributed by atoms with Crippen molar-refractivity contribution in [3.8, 4) is 0 Å². The van der Waals surface area contributed by atoms with Crippen LogP contribution >= 0.6 is 0 Å². The summed E-state index contributed by atoms with van der Waals surface area (Å²) in [5.41, 5.74) is 0. The molecule has 0 N–H and O–H groups in total. The van der Waals surface area contributed by atoms with E-state index in [4.69, 9.17) is 9.26 Å². The number of nitrogens with zero attached hydrogens (tertiary/aromatic N) is 4. The van der Waals surface area contributed by atoms with Crippen molar-refractivity contribution in [3.63, 3.8) is 0 Å². The highest BCUT2D eigenvalue weighted by atomic mass is 16.6. The summed E-state index contributed by atoms with van der Waals surface area (Å²) in [6.45, 7) is 11.7. The van der Waals surface area contributed by atoms with Gasteiger partial charge in [-0.15, -0.1) is 0 Å². The van der Waals surface area contributed by atoms with Crippen molar-refractivity contribution >= 4 is 5.97 Å². The van der Waals surface area contributed by atoms with E-state index in [1.807, 2.05) is 6.92 Å². The molecule has 2 fully saturated rings. The highest BCUT2D eigenvalue weighted by Gasteiger charge is 2.38. The zero-order valence-electron chi connectivity index (χ0n) is 14.4. The van der Waals surface area contributed by atoms with Gasteiger partial charge >= 0.3 is 5.97 Å². The average Bonchev–Trinajstić information content (AvgIpc) is 3.13. The van der Waals surface area contributed by atoms with Crippen molar-refractivity contribution in [2.45, 2.75) is 58.2 Å². The van der Waals surface area contributed by atoms with Crippen LogP contribution < -0.4 is 0 Å². The molecule has 0 bridgehead atoms. The fourth-order valence-corrected chi connectivity index (χ4v) is 3.28. The van der Waals surface area contributed by atoms with Crippen LogP contribution in [0.5, 0.6) is 0 Å². The number of ether oxygens (including phenoxy) is 1. The van der Waals surface area contributed by atoms with Gasteiger partial charge in [0.05, 0.1) is 6.04 Å². The number of hydrogen-bond donors (Lipinski definition) is 0. The SMILES string of the molecule is CC(C)c1noc([C@H](C)N2CCN([C@H]3C[C@@H](C)OC3=O)CC2)n1. The molecule has 128 valence electrons. The summed E-state index contributed by atoms with van der Waals surface area (Å²) in [4.78, 5) is 20.9. The summed E-state index contributed by atoms with van der Waals surface area (Å²) < 4.78 is 10.7. The van der Waals surface area contributed by atoms with Crippen molar-refractivity contribution in [1.82, 2.24) is 19.9 Å². The summed E-state index contributed by atoms with van der Waals surface area (Å²) in [6, 6.07) is 0.0324. The second kappa shape index (κ2) is 6.57. The first-order valence-electron chi connectivity index (χ1n) is 8.47. The number of carbonyl (C=O) groups is 1. The monoisotopic (exact) mass is 322 g/mol. The summed E-state index contributed by atoms with van der Waals surface area (Å²) in [6.07, 6.45) is 0.841. The summed E-state index contributed by atoms with van der Waals surface area (Å²) in [7, 11) is 0. The molecule has 3 rings (SSSR count). The van der Waals surface area contributed by atoms with E-state index in [0.717, 1.165) is 38.4 Å². The van der Waals surface area contributed by atoms with Gasteiger partial charge in [-0.05, 0) is 13.8 Å². The quantitative estimate of drug-likeness (QED) is 0.779. The number of rotatable bonds is 4. The summed E-state index contributed by atoms with van der Waals surface area (Å²) in [5, 5.41) is 4.04. The minimum Gasteiger partial charge on any atom is -0.461 e. The average molecular weight is 322 g/mol. The third kappa shape index (κ3) is 3.40. The second-order valence-electron chi connectivity index (χ2n) is 6.89. The summed E-state index contributed by atoms with van der Waals surface area (Å²) in [5.74, 6) is 1.63. The van der Waals surface area contributed by atoms with Crippen LogP contribution in [0, 0.1) is 0 Å². The van der Waals surface area contributed by atoms with Crippen molar-refractivity contribution < 1.29 is 14.1 Å². The van der Waals surface area contributed by atoms with Crippen molar-refractivity contribution in [2.24, 2.45) is 0 Å². The number of cyclic esters (lactones) is 1. The molecule has 23 heavy (non-hydrogen) atoms. The van der Waals surface area contributed by atoms with Gasteiger partial charge in [0.15, 0.2) is 5.82 Å². The van der Waals surface area contributed by atoms with Gasteiger partial charge in [-0.25, -0.2) is 0 Å². The lowest BCUT2D eigenvalue weighted by Crippen LogP contribution is -2.52. The molecule has 2 saturated heterocycles. The topological polar surface area (TPSA) is 71.7 Å². The highest BCUT2D eigenvalue weighted by Crippen LogP contribution is 2.25. The molecule has 0 spiro atoms. The van der Waals surface area contributed by atoms with Crippen LogP contribution in [0.3, 0.4) is 0 Å². The molecule has 2 aliphatic heterocycles. The van der Waals surface area contributed by atoms with E-state index in [1.54, 1.807) is 0 Å².